The van der Waals surface area contributed by atoms with Crippen LogP contribution in [0.4, 0.5) is 0 Å². The van der Waals surface area contributed by atoms with Gasteiger partial charge in [0.2, 0.25) is 12.8 Å². The molecular formula is C19H21N7O2. The number of amidine groups is 1. The molecule has 1 aliphatic carbocycles. The third kappa shape index (κ3) is 2.72. The quantitative estimate of drug-likeness (QED) is 0.587. The standard InChI is InChI=1S/C19H21N7O2/c20-6-5-19(22)4-3-12-13(9-19)23-16(26-17(12)24-18(21)25-26)8-11-1-2-14-15(7-11)28-10-27-14/h1-4,7,9H,5-6,8,10,20,22H2,(H3,21,24,25). The van der Waals surface area contributed by atoms with Crippen molar-refractivity contribution >= 4 is 11.8 Å². The van der Waals surface area contributed by atoms with E-state index in [9.17, 15) is 0 Å². The van der Waals surface area contributed by atoms with Crippen LogP contribution in [0.2, 0.25) is 0 Å². The molecule has 0 bridgehead atoms. The number of nitrogens with two attached hydrogens (primary N) is 3. The number of ether oxygens (including phenoxy) is 2. The number of rotatable bonds is 4. The number of hydrogen-bond donors (Lipinski definition) is 4. The summed E-state index contributed by atoms with van der Waals surface area (Å²) >= 11 is 0. The molecule has 5 rings (SSSR count). The van der Waals surface area contributed by atoms with Crippen molar-refractivity contribution in [2.24, 2.45) is 27.3 Å². The van der Waals surface area contributed by atoms with Gasteiger partial charge in [-0.3, -0.25) is 0 Å². The summed E-state index contributed by atoms with van der Waals surface area (Å²) in [6, 6.07) is 5.84. The van der Waals surface area contributed by atoms with Gasteiger partial charge in [-0.25, -0.2) is 4.99 Å². The SMILES string of the molecule is NCCC1(N)C=CC2=C3NC(N)=NN3C(Cc3ccc4c(c3)OCO4)=NC2=C1. The Morgan fingerprint density at radius 1 is 1.25 bits per heavy atom. The van der Waals surface area contributed by atoms with Crippen molar-refractivity contribution < 1.29 is 9.47 Å². The van der Waals surface area contributed by atoms with Crippen molar-refractivity contribution in [3.63, 3.8) is 0 Å². The molecule has 1 aromatic rings. The van der Waals surface area contributed by atoms with Crippen molar-refractivity contribution in [3.05, 3.63) is 59.1 Å². The summed E-state index contributed by atoms with van der Waals surface area (Å²) in [5.74, 6) is 3.32. The lowest BCUT2D eigenvalue weighted by Gasteiger charge is -2.31. The molecule has 3 aliphatic heterocycles. The Balaban J connectivity index is 1.52. The molecule has 4 aliphatic rings. The highest BCUT2D eigenvalue weighted by Crippen LogP contribution is 2.36. The predicted octanol–water partition coefficient (Wildman–Crippen LogP) is 0.216. The van der Waals surface area contributed by atoms with E-state index in [0.717, 1.165) is 40.0 Å². The zero-order valence-corrected chi connectivity index (χ0v) is 15.2. The van der Waals surface area contributed by atoms with E-state index in [1.807, 2.05) is 36.4 Å². The van der Waals surface area contributed by atoms with Gasteiger partial charge in [-0.05, 0) is 36.7 Å². The van der Waals surface area contributed by atoms with Gasteiger partial charge in [-0.15, -0.1) is 5.10 Å². The van der Waals surface area contributed by atoms with E-state index in [0.29, 0.717) is 25.3 Å². The molecule has 3 heterocycles. The molecule has 0 amide bonds. The minimum absolute atomic E-state index is 0.242. The molecule has 9 heteroatoms. The maximum absolute atomic E-state index is 6.45. The monoisotopic (exact) mass is 379 g/mol. The highest BCUT2D eigenvalue weighted by Gasteiger charge is 2.34. The number of nitrogens with zero attached hydrogens (tertiary/aromatic N) is 3. The van der Waals surface area contributed by atoms with Crippen LogP contribution in [-0.2, 0) is 6.42 Å². The van der Waals surface area contributed by atoms with Gasteiger partial charge in [0.1, 0.15) is 11.7 Å². The Bertz CT molecular complexity index is 1010. The van der Waals surface area contributed by atoms with E-state index >= 15 is 0 Å². The van der Waals surface area contributed by atoms with Crippen molar-refractivity contribution in [1.29, 1.82) is 0 Å². The average Bonchev–Trinajstić information content (AvgIpc) is 3.27. The lowest BCUT2D eigenvalue weighted by atomic mass is 9.87. The molecule has 1 unspecified atom stereocenters. The lowest BCUT2D eigenvalue weighted by Crippen LogP contribution is -2.41. The topological polar surface area (TPSA) is 137 Å². The van der Waals surface area contributed by atoms with Crippen LogP contribution >= 0.6 is 0 Å². The molecule has 0 aromatic heterocycles. The first-order valence-corrected chi connectivity index (χ1v) is 9.08. The normalized spacial score (nSPS) is 24.4. The van der Waals surface area contributed by atoms with Crippen LogP contribution < -0.4 is 32.0 Å². The summed E-state index contributed by atoms with van der Waals surface area (Å²) < 4.78 is 10.9. The van der Waals surface area contributed by atoms with Crippen molar-refractivity contribution in [2.75, 3.05) is 13.3 Å². The Labute approximate surface area is 161 Å². The van der Waals surface area contributed by atoms with Gasteiger partial charge >= 0.3 is 0 Å². The molecule has 7 N–H and O–H groups in total. The van der Waals surface area contributed by atoms with E-state index < -0.39 is 5.54 Å². The molecule has 0 saturated heterocycles. The zero-order valence-electron chi connectivity index (χ0n) is 15.2. The van der Waals surface area contributed by atoms with Gasteiger partial charge in [0.05, 0.1) is 11.2 Å². The summed E-state index contributed by atoms with van der Waals surface area (Å²) in [7, 11) is 0. The smallest absolute Gasteiger partial charge is 0.231 e. The summed E-state index contributed by atoms with van der Waals surface area (Å²) in [4.78, 5) is 4.85. The Morgan fingerprint density at radius 3 is 2.96 bits per heavy atom. The van der Waals surface area contributed by atoms with Crippen molar-refractivity contribution in [1.82, 2.24) is 10.3 Å². The van der Waals surface area contributed by atoms with E-state index in [1.54, 1.807) is 5.01 Å². The maximum atomic E-state index is 6.45. The fourth-order valence-electron chi connectivity index (χ4n) is 3.66. The largest absolute Gasteiger partial charge is 0.454 e. The summed E-state index contributed by atoms with van der Waals surface area (Å²) in [6.07, 6.45) is 7.03. The van der Waals surface area contributed by atoms with Crippen LogP contribution in [0.15, 0.2) is 63.6 Å². The number of fused-ring (bicyclic) bond motifs is 3. The van der Waals surface area contributed by atoms with E-state index in [1.165, 1.54) is 0 Å². The van der Waals surface area contributed by atoms with Gasteiger partial charge in [0.25, 0.3) is 0 Å². The van der Waals surface area contributed by atoms with E-state index in [-0.39, 0.29) is 6.79 Å². The third-order valence-electron chi connectivity index (χ3n) is 5.03. The minimum atomic E-state index is -0.616. The van der Waals surface area contributed by atoms with E-state index in [2.05, 4.69) is 10.4 Å². The predicted molar refractivity (Wildman–Crippen MR) is 105 cm³/mol. The van der Waals surface area contributed by atoms with Gasteiger partial charge in [-0.2, -0.15) is 5.01 Å². The summed E-state index contributed by atoms with van der Waals surface area (Å²) in [5.41, 5.74) is 20.2. The lowest BCUT2D eigenvalue weighted by molar-refractivity contribution is 0.174. The average molecular weight is 379 g/mol. The highest BCUT2D eigenvalue weighted by atomic mass is 16.7. The molecule has 1 aromatic carbocycles. The fourth-order valence-corrected chi connectivity index (χ4v) is 3.66. The van der Waals surface area contributed by atoms with E-state index in [4.69, 9.17) is 31.7 Å². The first-order chi connectivity index (χ1) is 13.5. The van der Waals surface area contributed by atoms with Crippen molar-refractivity contribution in [2.45, 2.75) is 18.4 Å². The number of nitrogens with one attached hydrogen (secondary N) is 1. The molecule has 0 spiro atoms. The number of guanidine groups is 1. The Morgan fingerprint density at radius 2 is 2.11 bits per heavy atom. The second-order valence-corrected chi connectivity index (χ2v) is 7.09. The number of hydrazone groups is 1. The highest BCUT2D eigenvalue weighted by molar-refractivity contribution is 5.94. The van der Waals surface area contributed by atoms with Crippen LogP contribution in [0.25, 0.3) is 0 Å². The van der Waals surface area contributed by atoms with Gasteiger partial charge < -0.3 is 32.0 Å². The second-order valence-electron chi connectivity index (χ2n) is 7.09. The Kier molecular flexibility index (Phi) is 3.68. The van der Waals surface area contributed by atoms with Crippen molar-refractivity contribution in [3.8, 4) is 11.5 Å². The molecular weight excluding hydrogens is 358 g/mol. The Hall–Kier alpha value is -3.30. The van der Waals surface area contributed by atoms with Crippen LogP contribution in [0, 0.1) is 0 Å². The zero-order chi connectivity index (χ0) is 19.3. The first kappa shape index (κ1) is 16.8. The number of hydrogen-bond acceptors (Lipinski definition) is 9. The molecule has 28 heavy (non-hydrogen) atoms. The number of allylic oxidation sites excluding steroid dienone is 1. The fraction of sp³-hybridized carbons (Fsp3) is 0.263. The molecule has 1 atom stereocenters. The molecule has 0 fully saturated rings. The van der Waals surface area contributed by atoms with Crippen LogP contribution in [-0.4, -0.2) is 35.7 Å². The molecule has 9 nitrogen and oxygen atoms in total. The van der Waals surface area contributed by atoms with Gasteiger partial charge in [-0.1, -0.05) is 18.2 Å². The summed E-state index contributed by atoms with van der Waals surface area (Å²) in [6.45, 7) is 0.733. The van der Waals surface area contributed by atoms with Crippen LogP contribution in [0.5, 0.6) is 11.5 Å². The molecule has 0 radical (unpaired) electrons. The third-order valence-corrected chi connectivity index (χ3v) is 5.03. The number of benzene rings is 1. The summed E-state index contributed by atoms with van der Waals surface area (Å²) in [5, 5.41) is 9.25. The van der Waals surface area contributed by atoms with Crippen LogP contribution in [0.3, 0.4) is 0 Å². The minimum Gasteiger partial charge on any atom is -0.454 e. The van der Waals surface area contributed by atoms with Crippen LogP contribution in [0.1, 0.15) is 12.0 Å². The van der Waals surface area contributed by atoms with Gasteiger partial charge in [0, 0.05) is 12.0 Å². The van der Waals surface area contributed by atoms with Gasteiger partial charge in [0.15, 0.2) is 11.5 Å². The first-order valence-electron chi connectivity index (χ1n) is 9.08. The number of aliphatic imine (C=N–C) groups is 1. The second kappa shape index (κ2) is 6.11. The maximum Gasteiger partial charge on any atom is 0.231 e. The molecule has 144 valence electrons. The molecule has 0 saturated carbocycles.